The second kappa shape index (κ2) is 7.82. The molecule has 144 valence electrons. The van der Waals surface area contributed by atoms with Crippen LogP contribution in [-0.2, 0) is 0 Å². The van der Waals surface area contributed by atoms with Crippen LogP contribution in [0.25, 0.3) is 0 Å². The van der Waals surface area contributed by atoms with Gasteiger partial charge in [-0.1, -0.05) is 18.2 Å². The zero-order valence-electron chi connectivity index (χ0n) is 14.1. The SMILES string of the molecule is O=C(Nc1cn[nH]c1C(=O)Nc1ccccc1)c1ccc(OC(F)(F)F)cc1. The van der Waals surface area contributed by atoms with Crippen LogP contribution in [0.15, 0.2) is 60.8 Å². The Morgan fingerprint density at radius 1 is 0.929 bits per heavy atom. The van der Waals surface area contributed by atoms with E-state index in [0.29, 0.717) is 5.69 Å². The number of alkyl halides is 3. The van der Waals surface area contributed by atoms with Gasteiger partial charge in [-0.05, 0) is 36.4 Å². The van der Waals surface area contributed by atoms with E-state index in [-0.39, 0.29) is 16.9 Å². The van der Waals surface area contributed by atoms with Gasteiger partial charge in [0.15, 0.2) is 0 Å². The number of anilines is 2. The molecule has 10 heteroatoms. The third-order valence-corrected chi connectivity index (χ3v) is 3.50. The van der Waals surface area contributed by atoms with Crippen molar-refractivity contribution in [3.8, 4) is 5.75 Å². The Morgan fingerprint density at radius 2 is 1.61 bits per heavy atom. The van der Waals surface area contributed by atoms with Crippen molar-refractivity contribution in [2.45, 2.75) is 6.36 Å². The molecule has 0 saturated heterocycles. The Morgan fingerprint density at radius 3 is 2.25 bits per heavy atom. The number of nitrogens with zero attached hydrogens (tertiary/aromatic N) is 1. The molecule has 28 heavy (non-hydrogen) atoms. The fourth-order valence-electron chi connectivity index (χ4n) is 2.27. The average molecular weight is 390 g/mol. The van der Waals surface area contributed by atoms with Gasteiger partial charge in [-0.25, -0.2) is 0 Å². The molecule has 2 amide bonds. The molecular weight excluding hydrogens is 377 g/mol. The van der Waals surface area contributed by atoms with Gasteiger partial charge in [-0.2, -0.15) is 5.10 Å². The Balaban J connectivity index is 1.68. The predicted molar refractivity (Wildman–Crippen MR) is 94.1 cm³/mol. The van der Waals surface area contributed by atoms with Gasteiger partial charge in [0.2, 0.25) is 0 Å². The molecule has 0 unspecified atom stereocenters. The largest absolute Gasteiger partial charge is 0.573 e. The van der Waals surface area contributed by atoms with E-state index in [1.807, 2.05) is 0 Å². The Bertz CT molecular complexity index is 970. The highest BCUT2D eigenvalue weighted by molar-refractivity contribution is 6.11. The lowest BCUT2D eigenvalue weighted by molar-refractivity contribution is -0.274. The van der Waals surface area contributed by atoms with Crippen LogP contribution in [0.5, 0.6) is 5.75 Å². The van der Waals surface area contributed by atoms with Crippen molar-refractivity contribution in [1.29, 1.82) is 0 Å². The van der Waals surface area contributed by atoms with E-state index in [1.165, 1.54) is 18.3 Å². The summed E-state index contributed by atoms with van der Waals surface area (Å²) < 4.78 is 40.3. The number of para-hydroxylation sites is 1. The summed E-state index contributed by atoms with van der Waals surface area (Å²) in [7, 11) is 0. The van der Waals surface area contributed by atoms with E-state index in [4.69, 9.17) is 0 Å². The first-order chi connectivity index (χ1) is 13.3. The minimum absolute atomic E-state index is 0.0224. The van der Waals surface area contributed by atoms with E-state index in [9.17, 15) is 22.8 Å². The van der Waals surface area contributed by atoms with E-state index >= 15 is 0 Å². The molecule has 3 rings (SSSR count). The minimum atomic E-state index is -4.82. The smallest absolute Gasteiger partial charge is 0.406 e. The van der Waals surface area contributed by atoms with Gasteiger partial charge in [0.25, 0.3) is 11.8 Å². The topological polar surface area (TPSA) is 96.1 Å². The van der Waals surface area contributed by atoms with Crippen LogP contribution >= 0.6 is 0 Å². The molecule has 2 aromatic carbocycles. The number of benzene rings is 2. The van der Waals surface area contributed by atoms with Crippen molar-refractivity contribution >= 4 is 23.2 Å². The molecule has 0 fully saturated rings. The van der Waals surface area contributed by atoms with Crippen LogP contribution in [0.1, 0.15) is 20.8 Å². The molecule has 0 bridgehead atoms. The maximum Gasteiger partial charge on any atom is 0.573 e. The van der Waals surface area contributed by atoms with Crippen LogP contribution in [0.4, 0.5) is 24.5 Å². The molecule has 0 aliphatic carbocycles. The summed E-state index contributed by atoms with van der Waals surface area (Å²) in [6.07, 6.45) is -3.57. The normalized spacial score (nSPS) is 11.0. The predicted octanol–water partition coefficient (Wildman–Crippen LogP) is 3.81. The van der Waals surface area contributed by atoms with Crippen molar-refractivity contribution < 1.29 is 27.5 Å². The van der Waals surface area contributed by atoms with Gasteiger partial charge in [0.1, 0.15) is 11.4 Å². The number of halogens is 3. The first-order valence-corrected chi connectivity index (χ1v) is 7.89. The quantitative estimate of drug-likeness (QED) is 0.617. The Kier molecular flexibility index (Phi) is 5.30. The summed E-state index contributed by atoms with van der Waals surface area (Å²) in [4.78, 5) is 24.6. The van der Waals surface area contributed by atoms with Crippen LogP contribution in [0, 0.1) is 0 Å². The lowest BCUT2D eigenvalue weighted by Crippen LogP contribution is -2.18. The molecule has 1 aromatic heterocycles. The van der Waals surface area contributed by atoms with E-state index in [0.717, 1.165) is 12.1 Å². The van der Waals surface area contributed by atoms with Crippen LogP contribution in [-0.4, -0.2) is 28.4 Å². The zero-order chi connectivity index (χ0) is 20.1. The van der Waals surface area contributed by atoms with Crippen molar-refractivity contribution in [3.05, 3.63) is 72.1 Å². The molecule has 7 nitrogen and oxygen atoms in total. The number of aromatic nitrogens is 2. The maximum absolute atomic E-state index is 12.3. The first-order valence-electron chi connectivity index (χ1n) is 7.89. The fourth-order valence-corrected chi connectivity index (χ4v) is 2.27. The molecule has 0 spiro atoms. The van der Waals surface area contributed by atoms with Crippen LogP contribution < -0.4 is 15.4 Å². The molecule has 3 aromatic rings. The molecule has 0 aliphatic heterocycles. The van der Waals surface area contributed by atoms with Crippen molar-refractivity contribution in [2.24, 2.45) is 0 Å². The lowest BCUT2D eigenvalue weighted by atomic mass is 10.2. The third kappa shape index (κ3) is 4.87. The second-order valence-corrected chi connectivity index (χ2v) is 5.51. The minimum Gasteiger partial charge on any atom is -0.406 e. The Labute approximate surface area is 156 Å². The summed E-state index contributed by atoms with van der Waals surface area (Å²) in [6.45, 7) is 0. The van der Waals surface area contributed by atoms with Gasteiger partial charge in [-0.3, -0.25) is 14.7 Å². The highest BCUT2D eigenvalue weighted by Crippen LogP contribution is 2.23. The Hall–Kier alpha value is -3.82. The lowest BCUT2D eigenvalue weighted by Gasteiger charge is -2.10. The molecule has 0 aliphatic rings. The highest BCUT2D eigenvalue weighted by atomic mass is 19.4. The van der Waals surface area contributed by atoms with Gasteiger partial charge >= 0.3 is 6.36 Å². The molecular formula is C18H13F3N4O3. The number of ether oxygens (including phenoxy) is 1. The molecule has 1 heterocycles. The zero-order valence-corrected chi connectivity index (χ0v) is 14.1. The highest BCUT2D eigenvalue weighted by Gasteiger charge is 2.31. The average Bonchev–Trinajstić information content (AvgIpc) is 3.10. The number of amides is 2. The summed E-state index contributed by atoms with van der Waals surface area (Å²) >= 11 is 0. The van der Waals surface area contributed by atoms with Crippen LogP contribution in [0.2, 0.25) is 0 Å². The number of aromatic amines is 1. The third-order valence-electron chi connectivity index (χ3n) is 3.50. The summed E-state index contributed by atoms with van der Waals surface area (Å²) in [5, 5.41) is 11.4. The van der Waals surface area contributed by atoms with Gasteiger partial charge in [0.05, 0.1) is 11.9 Å². The number of hydrogen-bond acceptors (Lipinski definition) is 4. The van der Waals surface area contributed by atoms with Gasteiger partial charge in [0, 0.05) is 11.3 Å². The van der Waals surface area contributed by atoms with Crippen molar-refractivity contribution in [2.75, 3.05) is 10.6 Å². The molecule has 0 atom stereocenters. The number of nitrogens with one attached hydrogen (secondary N) is 3. The fraction of sp³-hybridized carbons (Fsp3) is 0.0556. The molecule has 0 radical (unpaired) electrons. The van der Waals surface area contributed by atoms with Crippen LogP contribution in [0.3, 0.4) is 0 Å². The summed E-state index contributed by atoms with van der Waals surface area (Å²) in [5.41, 5.74) is 0.771. The number of carbonyl (C=O) groups is 2. The van der Waals surface area contributed by atoms with Gasteiger partial charge < -0.3 is 15.4 Å². The number of carbonyl (C=O) groups excluding carboxylic acids is 2. The first kappa shape index (κ1) is 19.0. The molecule has 0 saturated carbocycles. The maximum atomic E-state index is 12.3. The van der Waals surface area contributed by atoms with E-state index in [1.54, 1.807) is 30.3 Å². The standard InChI is InChI=1S/C18H13F3N4O3/c19-18(20,21)28-13-8-6-11(7-9-13)16(26)24-14-10-22-25-15(14)17(27)23-12-4-2-1-3-5-12/h1-10H,(H,22,25)(H,23,27)(H,24,26). The number of hydrogen-bond donors (Lipinski definition) is 3. The summed E-state index contributed by atoms with van der Waals surface area (Å²) in [6, 6.07) is 13.0. The summed E-state index contributed by atoms with van der Waals surface area (Å²) in [5.74, 6) is -1.60. The second-order valence-electron chi connectivity index (χ2n) is 5.51. The van der Waals surface area contributed by atoms with Crippen molar-refractivity contribution in [3.63, 3.8) is 0 Å². The van der Waals surface area contributed by atoms with E-state index < -0.39 is 23.9 Å². The van der Waals surface area contributed by atoms with Crippen molar-refractivity contribution in [1.82, 2.24) is 10.2 Å². The number of H-pyrrole nitrogens is 1. The monoisotopic (exact) mass is 390 g/mol. The molecule has 3 N–H and O–H groups in total. The number of rotatable bonds is 5. The van der Waals surface area contributed by atoms with Gasteiger partial charge in [-0.15, -0.1) is 13.2 Å². The van der Waals surface area contributed by atoms with E-state index in [2.05, 4.69) is 25.6 Å².